The first-order valence-electron chi connectivity index (χ1n) is 5.17. The number of piperazine rings is 1. The highest BCUT2D eigenvalue weighted by atomic mass is 35.5. The third-order valence-electron chi connectivity index (χ3n) is 2.71. The maximum absolute atomic E-state index is 5.98. The van der Waals surface area contributed by atoms with Crippen LogP contribution in [-0.2, 0) is 6.54 Å². The Labute approximate surface area is 94.7 Å². The highest BCUT2D eigenvalue weighted by Gasteiger charge is 2.19. The lowest BCUT2D eigenvalue weighted by molar-refractivity contribution is 0.163. The highest BCUT2D eigenvalue weighted by molar-refractivity contribution is 6.29. The Morgan fingerprint density at radius 1 is 1.53 bits per heavy atom. The van der Waals surface area contributed by atoms with Crippen molar-refractivity contribution < 1.29 is 0 Å². The molecule has 1 fully saturated rings. The third-order valence-corrected chi connectivity index (χ3v) is 3.03. The molecule has 0 spiro atoms. The molecule has 1 aromatic rings. The van der Waals surface area contributed by atoms with Crippen molar-refractivity contribution in [2.45, 2.75) is 19.5 Å². The lowest BCUT2D eigenvalue weighted by Crippen LogP contribution is -2.49. The minimum absolute atomic E-state index is 0.517. The number of nitrogens with one attached hydrogen (secondary N) is 1. The smallest absolute Gasteiger partial charge is 0.151 e. The van der Waals surface area contributed by atoms with Crippen molar-refractivity contribution in [2.75, 3.05) is 19.6 Å². The maximum atomic E-state index is 5.98. The Bertz CT molecular complexity index is 331. The summed E-state index contributed by atoms with van der Waals surface area (Å²) in [6.07, 6.45) is 3.31. The average molecular weight is 227 g/mol. The Balaban J connectivity index is 2.04. The lowest BCUT2D eigenvalue weighted by atomic mass is 10.2. The highest BCUT2D eigenvalue weighted by Crippen LogP contribution is 2.13. The second-order valence-electron chi connectivity index (χ2n) is 3.82. The molecule has 0 saturated carbocycles. The molecule has 0 radical (unpaired) electrons. The molecule has 0 unspecified atom stereocenters. The van der Waals surface area contributed by atoms with Gasteiger partial charge in [0.15, 0.2) is 5.15 Å². The zero-order valence-corrected chi connectivity index (χ0v) is 9.54. The van der Waals surface area contributed by atoms with Crippen molar-refractivity contribution in [3.63, 3.8) is 0 Å². The molecule has 1 atom stereocenters. The van der Waals surface area contributed by atoms with Gasteiger partial charge in [-0.25, -0.2) is 4.98 Å². The predicted molar refractivity (Wildman–Crippen MR) is 59.8 cm³/mol. The van der Waals surface area contributed by atoms with Crippen molar-refractivity contribution in [3.05, 3.63) is 23.2 Å². The molecular formula is C10H15ClN4. The maximum Gasteiger partial charge on any atom is 0.151 e. The summed E-state index contributed by atoms with van der Waals surface area (Å²) in [6.45, 7) is 6.08. The van der Waals surface area contributed by atoms with Crippen molar-refractivity contribution >= 4 is 11.6 Å². The monoisotopic (exact) mass is 226 g/mol. The number of rotatable bonds is 2. The van der Waals surface area contributed by atoms with Crippen LogP contribution in [0.15, 0.2) is 12.4 Å². The molecule has 0 aliphatic carbocycles. The van der Waals surface area contributed by atoms with E-state index in [1.165, 1.54) is 0 Å². The Morgan fingerprint density at radius 3 is 3.07 bits per heavy atom. The molecule has 15 heavy (non-hydrogen) atoms. The van der Waals surface area contributed by atoms with E-state index < -0.39 is 0 Å². The van der Waals surface area contributed by atoms with E-state index >= 15 is 0 Å². The van der Waals surface area contributed by atoms with Gasteiger partial charge in [-0.2, -0.15) is 0 Å². The molecule has 1 aromatic heterocycles. The SMILES string of the molecule is C[C@@H]1CNCCN1Cc1nccnc1Cl. The number of aromatic nitrogens is 2. The van der Waals surface area contributed by atoms with Crippen molar-refractivity contribution in [2.24, 2.45) is 0 Å². The topological polar surface area (TPSA) is 41.0 Å². The third kappa shape index (κ3) is 2.65. The minimum atomic E-state index is 0.517. The Morgan fingerprint density at radius 2 is 2.33 bits per heavy atom. The summed E-state index contributed by atoms with van der Waals surface area (Å²) in [4.78, 5) is 10.6. The van der Waals surface area contributed by atoms with Gasteiger partial charge in [0.25, 0.3) is 0 Å². The van der Waals surface area contributed by atoms with Gasteiger partial charge >= 0.3 is 0 Å². The standard InChI is InChI=1S/C10H15ClN4/c1-8-6-12-4-5-15(8)7-9-10(11)14-3-2-13-9/h2-3,8,12H,4-7H2,1H3/t8-/m1/s1. The largest absolute Gasteiger partial charge is 0.314 e. The van der Waals surface area contributed by atoms with E-state index in [0.29, 0.717) is 11.2 Å². The fourth-order valence-corrected chi connectivity index (χ4v) is 1.93. The number of halogens is 1. The van der Waals surface area contributed by atoms with Gasteiger partial charge in [-0.15, -0.1) is 0 Å². The van der Waals surface area contributed by atoms with E-state index in [2.05, 4.69) is 27.1 Å². The van der Waals surface area contributed by atoms with Crippen LogP contribution >= 0.6 is 11.6 Å². The fraction of sp³-hybridized carbons (Fsp3) is 0.600. The second-order valence-corrected chi connectivity index (χ2v) is 4.18. The van der Waals surface area contributed by atoms with Crippen LogP contribution in [0.5, 0.6) is 0 Å². The quantitative estimate of drug-likeness (QED) is 0.815. The number of hydrogen-bond donors (Lipinski definition) is 1. The first-order valence-corrected chi connectivity index (χ1v) is 5.55. The first-order chi connectivity index (χ1) is 7.27. The summed E-state index contributed by atoms with van der Waals surface area (Å²) in [7, 11) is 0. The van der Waals surface area contributed by atoms with Crippen LogP contribution < -0.4 is 5.32 Å². The van der Waals surface area contributed by atoms with Crippen LogP contribution in [-0.4, -0.2) is 40.5 Å². The number of hydrogen-bond acceptors (Lipinski definition) is 4. The molecule has 1 N–H and O–H groups in total. The van der Waals surface area contributed by atoms with E-state index in [-0.39, 0.29) is 0 Å². The number of nitrogens with zero attached hydrogens (tertiary/aromatic N) is 3. The molecule has 4 nitrogen and oxygen atoms in total. The van der Waals surface area contributed by atoms with Gasteiger partial charge in [-0.3, -0.25) is 9.88 Å². The van der Waals surface area contributed by atoms with Crippen LogP contribution in [0.3, 0.4) is 0 Å². The molecule has 0 amide bonds. The summed E-state index contributed by atoms with van der Waals surface area (Å²) in [5.74, 6) is 0. The Hall–Kier alpha value is -0.710. The molecule has 0 bridgehead atoms. The normalized spacial score (nSPS) is 22.9. The average Bonchev–Trinajstić information content (AvgIpc) is 2.24. The summed E-state index contributed by atoms with van der Waals surface area (Å²) in [5, 5.41) is 3.87. The van der Waals surface area contributed by atoms with E-state index in [0.717, 1.165) is 31.9 Å². The van der Waals surface area contributed by atoms with Gasteiger partial charge in [0.2, 0.25) is 0 Å². The van der Waals surface area contributed by atoms with Crippen LogP contribution in [0.4, 0.5) is 0 Å². The molecule has 2 heterocycles. The van der Waals surface area contributed by atoms with Crippen molar-refractivity contribution in [1.29, 1.82) is 0 Å². The molecular weight excluding hydrogens is 212 g/mol. The van der Waals surface area contributed by atoms with Gasteiger partial charge in [0.05, 0.1) is 5.69 Å². The molecule has 82 valence electrons. The molecule has 2 rings (SSSR count). The predicted octanol–water partition coefficient (Wildman–Crippen LogP) is 0.924. The molecule has 1 aliphatic heterocycles. The minimum Gasteiger partial charge on any atom is -0.314 e. The van der Waals surface area contributed by atoms with Crippen LogP contribution in [0.1, 0.15) is 12.6 Å². The van der Waals surface area contributed by atoms with Crippen molar-refractivity contribution in [1.82, 2.24) is 20.2 Å². The second kappa shape index (κ2) is 4.88. The van der Waals surface area contributed by atoms with E-state index in [4.69, 9.17) is 11.6 Å². The van der Waals surface area contributed by atoms with Crippen LogP contribution in [0.25, 0.3) is 0 Å². The van der Waals surface area contributed by atoms with Gasteiger partial charge in [-0.1, -0.05) is 11.6 Å². The first kappa shape index (κ1) is 10.8. The van der Waals surface area contributed by atoms with Gasteiger partial charge in [0, 0.05) is 44.6 Å². The summed E-state index contributed by atoms with van der Waals surface area (Å²) < 4.78 is 0. The zero-order valence-electron chi connectivity index (χ0n) is 8.78. The van der Waals surface area contributed by atoms with Gasteiger partial charge in [-0.05, 0) is 6.92 Å². The summed E-state index contributed by atoms with van der Waals surface area (Å²) in [5.41, 5.74) is 0.868. The molecule has 5 heteroatoms. The van der Waals surface area contributed by atoms with E-state index in [1.54, 1.807) is 12.4 Å². The van der Waals surface area contributed by atoms with Crippen LogP contribution in [0.2, 0.25) is 5.15 Å². The lowest BCUT2D eigenvalue weighted by Gasteiger charge is -2.33. The summed E-state index contributed by atoms with van der Waals surface area (Å²) >= 11 is 5.98. The van der Waals surface area contributed by atoms with Crippen LogP contribution in [0, 0.1) is 0 Å². The van der Waals surface area contributed by atoms with E-state index in [1.807, 2.05) is 0 Å². The molecule has 1 saturated heterocycles. The van der Waals surface area contributed by atoms with Gasteiger partial charge < -0.3 is 5.32 Å². The summed E-state index contributed by atoms with van der Waals surface area (Å²) in [6, 6.07) is 0.525. The van der Waals surface area contributed by atoms with Crippen molar-refractivity contribution in [3.8, 4) is 0 Å². The fourth-order valence-electron chi connectivity index (χ4n) is 1.77. The molecule has 1 aliphatic rings. The van der Waals surface area contributed by atoms with E-state index in [9.17, 15) is 0 Å². The zero-order chi connectivity index (χ0) is 10.7. The molecule has 0 aromatic carbocycles. The van der Waals surface area contributed by atoms with Gasteiger partial charge in [0.1, 0.15) is 0 Å². The Kier molecular flexibility index (Phi) is 3.51.